The Morgan fingerprint density at radius 1 is 1.09 bits per heavy atom. The van der Waals surface area contributed by atoms with Gasteiger partial charge in [0.15, 0.2) is 0 Å². The van der Waals surface area contributed by atoms with Crippen molar-refractivity contribution >= 4 is 5.91 Å². The second kappa shape index (κ2) is 6.50. The summed E-state index contributed by atoms with van der Waals surface area (Å²) in [6.07, 6.45) is 0. The number of carbonyl (C=O) groups excluding carboxylic acids is 1. The van der Waals surface area contributed by atoms with Crippen molar-refractivity contribution in [2.75, 3.05) is 13.2 Å². The average Bonchev–Trinajstić information content (AvgIpc) is 3.12. The second-order valence-electron chi connectivity index (χ2n) is 5.54. The quantitative estimate of drug-likeness (QED) is 0.515. The molecule has 1 atom stereocenters. The van der Waals surface area contributed by atoms with Gasteiger partial charge in [0.1, 0.15) is 0 Å². The van der Waals surface area contributed by atoms with E-state index in [1.54, 1.807) is 0 Å². The molecule has 0 aliphatic carbocycles. The summed E-state index contributed by atoms with van der Waals surface area (Å²) in [6, 6.07) is 17.5. The van der Waals surface area contributed by atoms with Crippen molar-refractivity contribution in [1.82, 2.24) is 5.43 Å². The molecule has 120 valence electrons. The molecule has 3 N–H and O–H groups in total. The number of carbonyl (C=O) groups is 1. The zero-order valence-corrected chi connectivity index (χ0v) is 13.0. The molecule has 1 aliphatic heterocycles. The molecule has 1 amide bonds. The van der Waals surface area contributed by atoms with E-state index in [1.807, 2.05) is 61.5 Å². The molecular weight excluding hydrogens is 292 g/mol. The minimum atomic E-state index is -0.920. The van der Waals surface area contributed by atoms with E-state index in [0.717, 1.165) is 16.7 Å². The maximum atomic E-state index is 11.8. The van der Waals surface area contributed by atoms with Gasteiger partial charge in [0.2, 0.25) is 11.7 Å². The van der Waals surface area contributed by atoms with Gasteiger partial charge in [-0.25, -0.2) is 5.84 Å². The molecule has 0 saturated carbocycles. The fourth-order valence-electron chi connectivity index (χ4n) is 2.86. The van der Waals surface area contributed by atoms with Crippen molar-refractivity contribution in [2.45, 2.75) is 18.6 Å². The van der Waals surface area contributed by atoms with E-state index in [2.05, 4.69) is 5.43 Å². The van der Waals surface area contributed by atoms with Crippen molar-refractivity contribution in [3.8, 4) is 0 Å². The molecule has 3 rings (SSSR count). The Bertz CT molecular complexity index is 682. The standard InChI is InChI=1S/C18H20N2O3/c1-13(17(21)20-19)14-6-5-9-16(12-14)18(22-10-11-23-18)15-7-3-2-4-8-15/h2-9,12-13H,10-11,19H2,1H3,(H,20,21). The predicted octanol–water partition coefficient (Wildman–Crippen LogP) is 2.03. The number of nitrogens with two attached hydrogens (primary N) is 1. The summed E-state index contributed by atoms with van der Waals surface area (Å²) >= 11 is 0. The van der Waals surface area contributed by atoms with Crippen molar-refractivity contribution in [3.05, 3.63) is 71.3 Å². The summed E-state index contributed by atoms with van der Waals surface area (Å²) < 4.78 is 12.0. The number of hydrogen-bond acceptors (Lipinski definition) is 4. The van der Waals surface area contributed by atoms with Crippen LogP contribution in [0, 0.1) is 0 Å². The van der Waals surface area contributed by atoms with Crippen LogP contribution in [0.15, 0.2) is 54.6 Å². The lowest BCUT2D eigenvalue weighted by Crippen LogP contribution is -2.34. The highest BCUT2D eigenvalue weighted by Crippen LogP contribution is 2.39. The largest absolute Gasteiger partial charge is 0.340 e. The van der Waals surface area contributed by atoms with Gasteiger partial charge in [0, 0.05) is 11.1 Å². The van der Waals surface area contributed by atoms with E-state index >= 15 is 0 Å². The number of amides is 1. The molecule has 0 spiro atoms. The van der Waals surface area contributed by atoms with Crippen LogP contribution in [0.4, 0.5) is 0 Å². The van der Waals surface area contributed by atoms with Gasteiger partial charge in [-0.3, -0.25) is 10.2 Å². The third kappa shape index (κ3) is 2.86. The van der Waals surface area contributed by atoms with E-state index in [1.165, 1.54) is 0 Å². The molecule has 2 aromatic rings. The van der Waals surface area contributed by atoms with Gasteiger partial charge in [-0.1, -0.05) is 48.5 Å². The molecule has 23 heavy (non-hydrogen) atoms. The van der Waals surface area contributed by atoms with Crippen molar-refractivity contribution in [3.63, 3.8) is 0 Å². The normalized spacial score (nSPS) is 17.7. The first-order valence-corrected chi connectivity index (χ1v) is 7.62. The van der Waals surface area contributed by atoms with Crippen molar-refractivity contribution < 1.29 is 14.3 Å². The van der Waals surface area contributed by atoms with Crippen LogP contribution >= 0.6 is 0 Å². The molecule has 1 aliphatic rings. The van der Waals surface area contributed by atoms with Gasteiger partial charge in [-0.05, 0) is 18.6 Å². The smallest absolute Gasteiger partial charge is 0.241 e. The predicted molar refractivity (Wildman–Crippen MR) is 86.3 cm³/mol. The Kier molecular flexibility index (Phi) is 4.43. The van der Waals surface area contributed by atoms with E-state index in [0.29, 0.717) is 13.2 Å². The number of hydrogen-bond donors (Lipinski definition) is 2. The summed E-state index contributed by atoms with van der Waals surface area (Å²) in [5.41, 5.74) is 4.86. The molecule has 1 fully saturated rings. The SMILES string of the molecule is CC(C(=O)NN)c1cccc(C2(c3ccccc3)OCCO2)c1. The van der Waals surface area contributed by atoms with E-state index in [-0.39, 0.29) is 11.8 Å². The summed E-state index contributed by atoms with van der Waals surface area (Å²) in [4.78, 5) is 11.8. The van der Waals surface area contributed by atoms with Gasteiger partial charge >= 0.3 is 0 Å². The average molecular weight is 312 g/mol. The van der Waals surface area contributed by atoms with Crippen molar-refractivity contribution in [2.24, 2.45) is 5.84 Å². The first-order valence-electron chi connectivity index (χ1n) is 7.62. The van der Waals surface area contributed by atoms with Crippen LogP contribution in [0.2, 0.25) is 0 Å². The zero-order chi connectivity index (χ0) is 16.3. The fourth-order valence-corrected chi connectivity index (χ4v) is 2.86. The minimum absolute atomic E-state index is 0.232. The van der Waals surface area contributed by atoms with Crippen LogP contribution < -0.4 is 11.3 Å². The number of hydrazine groups is 1. The lowest BCUT2D eigenvalue weighted by Gasteiger charge is -2.29. The first kappa shape index (κ1) is 15.7. The monoisotopic (exact) mass is 312 g/mol. The Labute approximate surface area is 135 Å². The first-order chi connectivity index (χ1) is 11.2. The van der Waals surface area contributed by atoms with Crippen LogP contribution in [0.1, 0.15) is 29.5 Å². The van der Waals surface area contributed by atoms with Crippen LogP contribution in [-0.2, 0) is 20.1 Å². The third-order valence-corrected chi connectivity index (χ3v) is 4.15. The summed E-state index contributed by atoms with van der Waals surface area (Å²) in [7, 11) is 0. The van der Waals surface area contributed by atoms with E-state index in [9.17, 15) is 4.79 Å². The Balaban J connectivity index is 2.03. The van der Waals surface area contributed by atoms with Gasteiger partial charge in [-0.15, -0.1) is 0 Å². The number of rotatable bonds is 4. The Morgan fingerprint density at radius 2 is 1.74 bits per heavy atom. The van der Waals surface area contributed by atoms with Gasteiger partial charge in [0.25, 0.3) is 0 Å². The fraction of sp³-hybridized carbons (Fsp3) is 0.278. The molecule has 1 saturated heterocycles. The van der Waals surface area contributed by atoms with E-state index in [4.69, 9.17) is 15.3 Å². The van der Waals surface area contributed by atoms with Crippen LogP contribution in [-0.4, -0.2) is 19.1 Å². The minimum Gasteiger partial charge on any atom is -0.340 e. The second-order valence-corrected chi connectivity index (χ2v) is 5.54. The van der Waals surface area contributed by atoms with Crippen LogP contribution in [0.25, 0.3) is 0 Å². The maximum Gasteiger partial charge on any atom is 0.241 e. The molecule has 5 nitrogen and oxygen atoms in total. The van der Waals surface area contributed by atoms with Crippen LogP contribution in [0.3, 0.4) is 0 Å². The Morgan fingerprint density at radius 3 is 2.39 bits per heavy atom. The third-order valence-electron chi connectivity index (χ3n) is 4.15. The van der Waals surface area contributed by atoms with Crippen molar-refractivity contribution in [1.29, 1.82) is 0 Å². The molecular formula is C18H20N2O3. The van der Waals surface area contributed by atoms with Gasteiger partial charge < -0.3 is 9.47 Å². The lowest BCUT2D eigenvalue weighted by atomic mass is 9.92. The molecule has 0 bridgehead atoms. The molecule has 0 aromatic heterocycles. The highest BCUT2D eigenvalue weighted by atomic mass is 16.7. The molecule has 1 heterocycles. The maximum absolute atomic E-state index is 11.8. The Hall–Kier alpha value is -2.21. The highest BCUT2D eigenvalue weighted by molar-refractivity contribution is 5.82. The summed E-state index contributed by atoms with van der Waals surface area (Å²) in [6.45, 7) is 2.86. The van der Waals surface area contributed by atoms with Crippen LogP contribution in [0.5, 0.6) is 0 Å². The molecule has 2 aromatic carbocycles. The zero-order valence-electron chi connectivity index (χ0n) is 13.0. The highest BCUT2D eigenvalue weighted by Gasteiger charge is 2.40. The lowest BCUT2D eigenvalue weighted by molar-refractivity contribution is -0.130. The summed E-state index contributed by atoms with van der Waals surface area (Å²) in [5, 5.41) is 0. The molecule has 5 heteroatoms. The molecule has 0 radical (unpaired) electrons. The topological polar surface area (TPSA) is 73.6 Å². The van der Waals surface area contributed by atoms with Gasteiger partial charge in [-0.2, -0.15) is 0 Å². The molecule has 1 unspecified atom stereocenters. The van der Waals surface area contributed by atoms with E-state index < -0.39 is 5.79 Å². The number of ether oxygens (including phenoxy) is 2. The number of benzene rings is 2. The summed E-state index contributed by atoms with van der Waals surface area (Å²) in [5.74, 6) is 3.73. The van der Waals surface area contributed by atoms with Gasteiger partial charge in [0.05, 0.1) is 19.1 Å². The number of nitrogens with one attached hydrogen (secondary N) is 1.